The molecule has 1 aromatic rings. The van der Waals surface area contributed by atoms with E-state index in [2.05, 4.69) is 14.7 Å². The molecule has 5 nitrogen and oxygen atoms in total. The number of hydrogen-bond donors (Lipinski definition) is 2. The second-order valence-electron chi connectivity index (χ2n) is 2.07. The Labute approximate surface area is 75.1 Å². The highest BCUT2D eigenvalue weighted by Gasteiger charge is 1.92. The van der Waals surface area contributed by atoms with Gasteiger partial charge in [0, 0.05) is 24.6 Å². The van der Waals surface area contributed by atoms with Crippen LogP contribution in [0.1, 0.15) is 0 Å². The Morgan fingerprint density at radius 3 is 3.17 bits per heavy atom. The van der Waals surface area contributed by atoms with Gasteiger partial charge in [0.25, 0.3) is 0 Å². The summed E-state index contributed by atoms with van der Waals surface area (Å²) in [5.74, 6) is 0. The van der Waals surface area contributed by atoms with E-state index in [0.717, 1.165) is 11.7 Å². The molecular weight excluding hydrogens is 176 g/mol. The maximum Gasteiger partial charge on any atom is 0.202 e. The third-order valence-electron chi connectivity index (χ3n) is 1.15. The number of rotatable bonds is 6. The second kappa shape index (κ2) is 5.87. The highest BCUT2D eigenvalue weighted by molar-refractivity contribution is 7.09. The molecule has 1 aromatic heterocycles. The standard InChI is InChI=1S/C6H12N4OS/c7-1-3-11-4-2-8-6-9-5-10-12-6/h5H,1-4,7H2,(H,8,9,10). The van der Waals surface area contributed by atoms with E-state index in [9.17, 15) is 0 Å². The molecule has 12 heavy (non-hydrogen) atoms. The van der Waals surface area contributed by atoms with Crippen molar-refractivity contribution in [3.8, 4) is 0 Å². The van der Waals surface area contributed by atoms with Crippen LogP contribution in [0, 0.1) is 0 Å². The zero-order valence-corrected chi connectivity index (χ0v) is 7.51. The third-order valence-corrected chi connectivity index (χ3v) is 1.77. The molecule has 0 unspecified atom stereocenters. The zero-order valence-electron chi connectivity index (χ0n) is 6.69. The lowest BCUT2D eigenvalue weighted by Gasteiger charge is -2.02. The van der Waals surface area contributed by atoms with E-state index in [1.54, 1.807) is 0 Å². The first kappa shape index (κ1) is 9.37. The first-order chi connectivity index (χ1) is 5.93. The predicted molar refractivity (Wildman–Crippen MR) is 48.3 cm³/mol. The van der Waals surface area contributed by atoms with Crippen LogP contribution in [0.5, 0.6) is 0 Å². The highest BCUT2D eigenvalue weighted by atomic mass is 32.1. The van der Waals surface area contributed by atoms with Crippen molar-refractivity contribution < 1.29 is 4.74 Å². The van der Waals surface area contributed by atoms with E-state index in [0.29, 0.717) is 19.8 Å². The molecule has 0 aliphatic rings. The fourth-order valence-electron chi connectivity index (χ4n) is 0.667. The van der Waals surface area contributed by atoms with Crippen LogP contribution in [-0.2, 0) is 4.74 Å². The molecule has 0 saturated heterocycles. The van der Waals surface area contributed by atoms with E-state index in [-0.39, 0.29) is 0 Å². The van der Waals surface area contributed by atoms with Crippen molar-refractivity contribution in [3.63, 3.8) is 0 Å². The SMILES string of the molecule is NCCOCCNc1ncns1. The molecule has 0 aliphatic carbocycles. The van der Waals surface area contributed by atoms with Crippen molar-refractivity contribution in [2.45, 2.75) is 0 Å². The number of aromatic nitrogens is 2. The molecule has 0 fully saturated rings. The number of hydrogen-bond acceptors (Lipinski definition) is 6. The van der Waals surface area contributed by atoms with Crippen molar-refractivity contribution in [2.75, 3.05) is 31.6 Å². The molecule has 0 radical (unpaired) electrons. The van der Waals surface area contributed by atoms with Gasteiger partial charge in [-0.15, -0.1) is 0 Å². The summed E-state index contributed by atoms with van der Waals surface area (Å²) in [4.78, 5) is 3.95. The summed E-state index contributed by atoms with van der Waals surface area (Å²) < 4.78 is 8.99. The van der Waals surface area contributed by atoms with Gasteiger partial charge in [-0.3, -0.25) is 0 Å². The molecular formula is C6H12N4OS. The van der Waals surface area contributed by atoms with Gasteiger partial charge in [-0.25, -0.2) is 4.98 Å². The van der Waals surface area contributed by atoms with E-state index in [4.69, 9.17) is 10.5 Å². The van der Waals surface area contributed by atoms with Crippen LogP contribution in [0.3, 0.4) is 0 Å². The van der Waals surface area contributed by atoms with Crippen LogP contribution in [0.25, 0.3) is 0 Å². The summed E-state index contributed by atoms with van der Waals surface area (Å²) in [6.07, 6.45) is 1.52. The van der Waals surface area contributed by atoms with Crippen LogP contribution in [0.4, 0.5) is 5.13 Å². The topological polar surface area (TPSA) is 73.1 Å². The molecule has 0 bridgehead atoms. The molecule has 1 heterocycles. The maximum atomic E-state index is 5.24. The van der Waals surface area contributed by atoms with Gasteiger partial charge < -0.3 is 15.8 Å². The molecule has 0 amide bonds. The zero-order chi connectivity index (χ0) is 8.65. The quantitative estimate of drug-likeness (QED) is 0.611. The Kier molecular flexibility index (Phi) is 4.58. The van der Waals surface area contributed by atoms with Crippen LogP contribution in [0.15, 0.2) is 6.33 Å². The molecule has 6 heteroatoms. The Morgan fingerprint density at radius 1 is 1.58 bits per heavy atom. The summed E-state index contributed by atoms with van der Waals surface area (Å²) in [6, 6.07) is 0. The molecule has 0 atom stereocenters. The number of nitrogens with zero attached hydrogens (tertiary/aromatic N) is 2. The monoisotopic (exact) mass is 188 g/mol. The van der Waals surface area contributed by atoms with Gasteiger partial charge in [0.1, 0.15) is 6.33 Å². The summed E-state index contributed by atoms with van der Waals surface area (Å²) in [5, 5.41) is 3.89. The number of nitrogens with two attached hydrogens (primary N) is 1. The first-order valence-electron chi connectivity index (χ1n) is 3.72. The van der Waals surface area contributed by atoms with Crippen LogP contribution in [-0.4, -0.2) is 35.7 Å². The van der Waals surface area contributed by atoms with Gasteiger partial charge in [0.15, 0.2) is 0 Å². The molecule has 68 valence electrons. The minimum absolute atomic E-state index is 0.568. The van der Waals surface area contributed by atoms with E-state index >= 15 is 0 Å². The van der Waals surface area contributed by atoms with Crippen molar-refractivity contribution >= 4 is 16.7 Å². The molecule has 3 N–H and O–H groups in total. The molecule has 0 aliphatic heterocycles. The predicted octanol–water partition coefficient (Wildman–Crippen LogP) is -0.0747. The van der Waals surface area contributed by atoms with Crippen LogP contribution in [0.2, 0.25) is 0 Å². The van der Waals surface area contributed by atoms with E-state index < -0.39 is 0 Å². The number of ether oxygens (including phenoxy) is 1. The molecule has 1 rings (SSSR count). The van der Waals surface area contributed by atoms with Crippen molar-refractivity contribution in [2.24, 2.45) is 5.73 Å². The molecule has 0 aromatic carbocycles. The van der Waals surface area contributed by atoms with Crippen LogP contribution >= 0.6 is 11.5 Å². The Bertz CT molecular complexity index is 191. The first-order valence-corrected chi connectivity index (χ1v) is 4.49. The highest BCUT2D eigenvalue weighted by Crippen LogP contribution is 2.04. The number of nitrogens with one attached hydrogen (secondary N) is 1. The summed E-state index contributed by atoms with van der Waals surface area (Å²) in [7, 11) is 0. The van der Waals surface area contributed by atoms with Crippen LogP contribution < -0.4 is 11.1 Å². The van der Waals surface area contributed by atoms with Crippen molar-refractivity contribution in [1.82, 2.24) is 9.36 Å². The second-order valence-corrected chi connectivity index (χ2v) is 2.85. The summed E-state index contributed by atoms with van der Waals surface area (Å²) in [6.45, 7) is 2.57. The summed E-state index contributed by atoms with van der Waals surface area (Å²) >= 11 is 1.33. The normalized spacial score (nSPS) is 10.1. The average Bonchev–Trinajstić information content (AvgIpc) is 2.57. The Morgan fingerprint density at radius 2 is 2.50 bits per heavy atom. The Hall–Kier alpha value is -0.720. The maximum absolute atomic E-state index is 5.24. The minimum atomic E-state index is 0.568. The van der Waals surface area contributed by atoms with Gasteiger partial charge in [-0.1, -0.05) is 0 Å². The van der Waals surface area contributed by atoms with E-state index in [1.807, 2.05) is 0 Å². The van der Waals surface area contributed by atoms with Gasteiger partial charge >= 0.3 is 0 Å². The van der Waals surface area contributed by atoms with E-state index in [1.165, 1.54) is 17.9 Å². The van der Waals surface area contributed by atoms with Gasteiger partial charge in [0.05, 0.1) is 13.2 Å². The smallest absolute Gasteiger partial charge is 0.202 e. The summed E-state index contributed by atoms with van der Waals surface area (Å²) in [5.41, 5.74) is 5.24. The number of anilines is 1. The largest absolute Gasteiger partial charge is 0.378 e. The average molecular weight is 188 g/mol. The third kappa shape index (κ3) is 3.61. The van der Waals surface area contributed by atoms with Gasteiger partial charge in [-0.2, -0.15) is 4.37 Å². The van der Waals surface area contributed by atoms with Gasteiger partial charge in [-0.05, 0) is 0 Å². The molecule has 0 saturated carbocycles. The minimum Gasteiger partial charge on any atom is -0.378 e. The van der Waals surface area contributed by atoms with Crippen molar-refractivity contribution in [1.29, 1.82) is 0 Å². The lowest BCUT2D eigenvalue weighted by Crippen LogP contribution is -2.14. The fourth-order valence-corrected chi connectivity index (χ4v) is 1.12. The lowest BCUT2D eigenvalue weighted by atomic mass is 10.6. The van der Waals surface area contributed by atoms with Gasteiger partial charge in [0.2, 0.25) is 5.13 Å². The lowest BCUT2D eigenvalue weighted by molar-refractivity contribution is 0.151. The molecule has 0 spiro atoms. The Balaban J connectivity index is 1.96. The fraction of sp³-hybridized carbons (Fsp3) is 0.667. The van der Waals surface area contributed by atoms with Crippen molar-refractivity contribution in [3.05, 3.63) is 6.33 Å².